The number of amides is 2. The van der Waals surface area contributed by atoms with Crippen molar-refractivity contribution in [2.75, 3.05) is 16.8 Å². The second kappa shape index (κ2) is 8.40. The largest absolute Gasteiger partial charge is 0.311 e. The van der Waals surface area contributed by atoms with Gasteiger partial charge >= 0.3 is 0 Å². The van der Waals surface area contributed by atoms with Gasteiger partial charge in [0.1, 0.15) is 11.6 Å². The van der Waals surface area contributed by atoms with Crippen molar-refractivity contribution in [2.24, 2.45) is 5.92 Å². The lowest BCUT2D eigenvalue weighted by Gasteiger charge is -2.22. The van der Waals surface area contributed by atoms with E-state index in [1.54, 1.807) is 29.3 Å². The number of hydrogen-bond donors (Lipinski definition) is 1. The quantitative estimate of drug-likeness (QED) is 0.691. The number of para-hydroxylation sites is 1. The Balaban J connectivity index is 1.59. The highest BCUT2D eigenvalue weighted by molar-refractivity contribution is 6.04. The summed E-state index contributed by atoms with van der Waals surface area (Å²) in [5.41, 5.74) is 3.21. The molecule has 1 aliphatic heterocycles. The van der Waals surface area contributed by atoms with Crippen molar-refractivity contribution in [1.82, 2.24) is 14.8 Å². The molecule has 3 aromatic rings. The highest BCUT2D eigenvalue weighted by Gasteiger charge is 2.37. The maximum Gasteiger partial charge on any atom is 0.231 e. The number of anilines is 2. The van der Waals surface area contributed by atoms with E-state index in [2.05, 4.69) is 15.4 Å². The van der Waals surface area contributed by atoms with Gasteiger partial charge in [-0.25, -0.2) is 4.98 Å². The molecule has 0 saturated carbocycles. The predicted octanol–water partition coefficient (Wildman–Crippen LogP) is 3.00. The van der Waals surface area contributed by atoms with Gasteiger partial charge in [0.05, 0.1) is 12.1 Å². The van der Waals surface area contributed by atoms with Gasteiger partial charge in [-0.05, 0) is 36.6 Å². The second-order valence-electron chi connectivity index (χ2n) is 7.45. The molecular formula is C23H22N6O2. The predicted molar refractivity (Wildman–Crippen MR) is 116 cm³/mol. The molecule has 31 heavy (non-hydrogen) atoms. The van der Waals surface area contributed by atoms with Gasteiger partial charge in [-0.3, -0.25) is 9.59 Å². The maximum atomic E-state index is 13.1. The summed E-state index contributed by atoms with van der Waals surface area (Å²) in [6.07, 6.45) is 3.91. The molecule has 3 heterocycles. The average Bonchev–Trinajstić information content (AvgIpc) is 3.37. The Labute approximate surface area is 180 Å². The topological polar surface area (TPSA) is 104 Å². The summed E-state index contributed by atoms with van der Waals surface area (Å²) >= 11 is 0. The summed E-state index contributed by atoms with van der Waals surface area (Å²) in [6.45, 7) is 4.31. The number of nitrogens with zero attached hydrogens (tertiary/aromatic N) is 5. The highest BCUT2D eigenvalue weighted by Crippen LogP contribution is 2.32. The molecule has 1 N–H and O–H groups in total. The molecule has 1 aliphatic rings. The van der Waals surface area contributed by atoms with Crippen LogP contribution in [0.4, 0.5) is 11.5 Å². The fourth-order valence-corrected chi connectivity index (χ4v) is 3.91. The Morgan fingerprint density at radius 2 is 2.13 bits per heavy atom. The van der Waals surface area contributed by atoms with Gasteiger partial charge in [0.25, 0.3) is 0 Å². The smallest absolute Gasteiger partial charge is 0.231 e. The van der Waals surface area contributed by atoms with Crippen molar-refractivity contribution in [2.45, 2.75) is 26.7 Å². The number of aromatic nitrogens is 3. The number of pyridine rings is 1. The first-order chi connectivity index (χ1) is 15.0. The van der Waals surface area contributed by atoms with Crippen LogP contribution in [0.5, 0.6) is 0 Å². The minimum Gasteiger partial charge on any atom is -0.311 e. The van der Waals surface area contributed by atoms with Crippen LogP contribution in [0.15, 0.2) is 48.8 Å². The van der Waals surface area contributed by atoms with E-state index >= 15 is 0 Å². The maximum absolute atomic E-state index is 13.1. The first kappa shape index (κ1) is 20.3. The van der Waals surface area contributed by atoms with Gasteiger partial charge in [-0.15, -0.1) is 0 Å². The lowest BCUT2D eigenvalue weighted by Crippen LogP contribution is -2.30. The van der Waals surface area contributed by atoms with Crippen LogP contribution < -0.4 is 10.2 Å². The van der Waals surface area contributed by atoms with E-state index in [-0.39, 0.29) is 29.6 Å². The number of rotatable bonds is 5. The summed E-state index contributed by atoms with van der Waals surface area (Å²) < 4.78 is 1.42. The van der Waals surface area contributed by atoms with Crippen molar-refractivity contribution in [3.63, 3.8) is 0 Å². The highest BCUT2D eigenvalue weighted by atomic mass is 16.2. The second-order valence-corrected chi connectivity index (χ2v) is 7.45. The molecule has 0 radical (unpaired) electrons. The van der Waals surface area contributed by atoms with Crippen LogP contribution in [0.3, 0.4) is 0 Å². The molecule has 1 atom stereocenters. The van der Waals surface area contributed by atoms with Crippen LogP contribution >= 0.6 is 0 Å². The number of nitrogens with one attached hydrogen (secondary N) is 1. The van der Waals surface area contributed by atoms with Crippen molar-refractivity contribution < 1.29 is 9.59 Å². The third-order valence-corrected chi connectivity index (χ3v) is 5.47. The van der Waals surface area contributed by atoms with E-state index in [1.165, 1.54) is 10.9 Å². The van der Waals surface area contributed by atoms with Crippen LogP contribution in [-0.4, -0.2) is 33.1 Å². The zero-order valence-electron chi connectivity index (χ0n) is 17.4. The van der Waals surface area contributed by atoms with Gasteiger partial charge in [-0.2, -0.15) is 15.0 Å². The number of benzene rings is 1. The number of carbonyl (C=O) groups excluding carboxylic acids is 2. The van der Waals surface area contributed by atoms with E-state index in [1.807, 2.05) is 38.1 Å². The zero-order chi connectivity index (χ0) is 22.0. The summed E-state index contributed by atoms with van der Waals surface area (Å²) in [4.78, 5) is 31.8. The summed E-state index contributed by atoms with van der Waals surface area (Å²) in [5.74, 6) is -0.201. The summed E-state index contributed by atoms with van der Waals surface area (Å²) in [7, 11) is 0. The SMILES string of the molecule is CCc1cccc(C)c1N1CC(C(=O)Nc2c(C#N)cnn2-c2ccccn2)CC1=O. The van der Waals surface area contributed by atoms with Crippen LogP contribution in [-0.2, 0) is 16.0 Å². The lowest BCUT2D eigenvalue weighted by molar-refractivity contribution is -0.122. The first-order valence-electron chi connectivity index (χ1n) is 10.1. The Kier molecular flexibility index (Phi) is 5.50. The molecule has 1 unspecified atom stereocenters. The van der Waals surface area contributed by atoms with Crippen molar-refractivity contribution >= 4 is 23.3 Å². The third kappa shape index (κ3) is 3.78. The fraction of sp³-hybridized carbons (Fsp3) is 0.261. The van der Waals surface area contributed by atoms with E-state index in [0.29, 0.717) is 12.4 Å². The number of nitriles is 1. The molecule has 4 rings (SSSR count). The van der Waals surface area contributed by atoms with Gasteiger partial charge in [-0.1, -0.05) is 31.2 Å². The van der Waals surface area contributed by atoms with E-state index in [9.17, 15) is 14.9 Å². The van der Waals surface area contributed by atoms with E-state index in [4.69, 9.17) is 0 Å². The molecule has 8 heteroatoms. The molecule has 8 nitrogen and oxygen atoms in total. The lowest BCUT2D eigenvalue weighted by atomic mass is 10.0. The van der Waals surface area contributed by atoms with Crippen molar-refractivity contribution in [3.8, 4) is 11.9 Å². The fourth-order valence-electron chi connectivity index (χ4n) is 3.91. The third-order valence-electron chi connectivity index (χ3n) is 5.47. The molecule has 1 aromatic carbocycles. The average molecular weight is 414 g/mol. The molecule has 0 spiro atoms. The molecule has 1 fully saturated rings. The van der Waals surface area contributed by atoms with Gasteiger partial charge in [0.15, 0.2) is 11.6 Å². The minimum atomic E-state index is -0.532. The van der Waals surface area contributed by atoms with E-state index < -0.39 is 5.92 Å². The Morgan fingerprint density at radius 1 is 1.29 bits per heavy atom. The Morgan fingerprint density at radius 3 is 2.84 bits per heavy atom. The van der Waals surface area contributed by atoms with E-state index in [0.717, 1.165) is 23.2 Å². The molecular weight excluding hydrogens is 392 g/mol. The molecule has 1 saturated heterocycles. The minimum absolute atomic E-state index is 0.0807. The summed E-state index contributed by atoms with van der Waals surface area (Å²) in [6, 6.07) is 13.3. The molecule has 2 aromatic heterocycles. The first-order valence-corrected chi connectivity index (χ1v) is 10.1. The number of carbonyl (C=O) groups is 2. The van der Waals surface area contributed by atoms with Gasteiger partial charge < -0.3 is 10.2 Å². The van der Waals surface area contributed by atoms with Gasteiger partial charge in [0, 0.05) is 24.8 Å². The summed E-state index contributed by atoms with van der Waals surface area (Å²) in [5, 5.41) is 16.4. The number of aryl methyl sites for hydroxylation is 2. The number of hydrogen-bond acceptors (Lipinski definition) is 5. The molecule has 0 bridgehead atoms. The molecule has 2 amide bonds. The van der Waals surface area contributed by atoms with Crippen LogP contribution in [0.25, 0.3) is 5.82 Å². The molecule has 156 valence electrons. The molecule has 0 aliphatic carbocycles. The normalized spacial score (nSPS) is 15.7. The zero-order valence-corrected chi connectivity index (χ0v) is 17.4. The monoisotopic (exact) mass is 414 g/mol. The Bertz CT molecular complexity index is 1180. The van der Waals surface area contributed by atoms with Gasteiger partial charge in [0.2, 0.25) is 11.8 Å². The van der Waals surface area contributed by atoms with Crippen LogP contribution in [0, 0.1) is 24.2 Å². The standard InChI is InChI=1S/C23H22N6O2/c1-3-16-8-6-7-15(2)21(16)28-14-17(11-20(28)30)23(31)27-22-18(12-24)13-26-29(22)19-9-4-5-10-25-19/h4-10,13,17H,3,11,14H2,1-2H3,(H,27,31). The van der Waals surface area contributed by atoms with Crippen LogP contribution in [0.1, 0.15) is 30.0 Å². The van der Waals surface area contributed by atoms with Crippen molar-refractivity contribution in [1.29, 1.82) is 5.26 Å². The van der Waals surface area contributed by atoms with Crippen molar-refractivity contribution in [3.05, 3.63) is 65.5 Å². The van der Waals surface area contributed by atoms with Crippen LogP contribution in [0.2, 0.25) is 0 Å². The Hall–Kier alpha value is -3.99.